The maximum atomic E-state index is 13.5. The molecular formula is C81H101NO13. The van der Waals surface area contributed by atoms with Crippen molar-refractivity contribution in [1.82, 2.24) is 5.32 Å². The van der Waals surface area contributed by atoms with Crippen molar-refractivity contribution in [3.63, 3.8) is 0 Å². The van der Waals surface area contributed by atoms with Crippen molar-refractivity contribution in [2.24, 2.45) is 11.8 Å². The third-order valence-electron chi connectivity index (χ3n) is 18.8. The number of nitrogens with one attached hydrogen (secondary N) is 1. The van der Waals surface area contributed by atoms with Crippen molar-refractivity contribution in [2.75, 3.05) is 26.9 Å². The minimum Gasteiger partial charge on any atom is -0.497 e. The molecule has 3 heterocycles. The Kier molecular flexibility index (Phi) is 29.2. The number of aliphatic hydroxyl groups excluding tert-OH is 1. The fourth-order valence-corrected chi connectivity index (χ4v) is 13.7. The minimum absolute atomic E-state index is 0.150. The van der Waals surface area contributed by atoms with Crippen molar-refractivity contribution in [3.8, 4) is 5.75 Å². The Balaban J connectivity index is 0.907. The number of rotatable bonds is 38. The van der Waals surface area contributed by atoms with Crippen LogP contribution in [0.15, 0.2) is 206 Å². The molecule has 0 spiro atoms. The zero-order chi connectivity index (χ0) is 65.7. The Morgan fingerprint density at radius 2 is 0.874 bits per heavy atom. The van der Waals surface area contributed by atoms with Crippen LogP contribution in [0.2, 0.25) is 0 Å². The second-order valence-electron chi connectivity index (χ2n) is 25.9. The average Bonchev–Trinajstić information content (AvgIpc) is 0.832. The molecule has 0 unspecified atom stereocenters. The molecule has 2 N–H and O–H groups in total. The molecule has 0 saturated carbocycles. The van der Waals surface area contributed by atoms with Gasteiger partial charge in [0.1, 0.15) is 36.3 Å². The summed E-state index contributed by atoms with van der Waals surface area (Å²) in [6, 6.07) is 68.3. The smallest absolute Gasteiger partial charge is 0.217 e. The van der Waals surface area contributed by atoms with E-state index in [1.54, 1.807) is 14.0 Å². The van der Waals surface area contributed by atoms with Crippen LogP contribution in [-0.2, 0) is 98.4 Å². The summed E-state index contributed by atoms with van der Waals surface area (Å²) in [6.07, 6.45) is 3.46. The van der Waals surface area contributed by atoms with Crippen molar-refractivity contribution < 1.29 is 62.0 Å². The van der Waals surface area contributed by atoms with Crippen LogP contribution in [0.5, 0.6) is 5.75 Å². The maximum Gasteiger partial charge on any atom is 0.217 e. The molecule has 10 rings (SSSR count). The summed E-state index contributed by atoms with van der Waals surface area (Å²) in [5.74, 6) is -0.187. The van der Waals surface area contributed by atoms with Gasteiger partial charge in [-0.3, -0.25) is 4.79 Å². The molecule has 3 aliphatic heterocycles. The number of carbonyl (C=O) groups is 1. The zero-order valence-corrected chi connectivity index (χ0v) is 55.9. The van der Waals surface area contributed by atoms with Crippen molar-refractivity contribution >= 4 is 5.91 Å². The predicted molar refractivity (Wildman–Crippen MR) is 368 cm³/mol. The first-order chi connectivity index (χ1) is 46.7. The molecule has 0 aliphatic carbocycles. The van der Waals surface area contributed by atoms with E-state index in [4.69, 9.17) is 52.1 Å². The van der Waals surface area contributed by atoms with Crippen LogP contribution >= 0.6 is 0 Å². The standard InChI is InChI=1S/C81H101NO13/c1-59-77(89-52-62-32-18-11-19-33-62)81(93-56-66-40-26-15-27-41-66)80(92-55-65-38-24-14-25-39-65)73(94-59)49-70-72(95-74(58-87-51-61-30-16-10-17-31-61)79(76(70)84)91-54-64-36-22-13-23-37-64)48-68-57-88-71(75(82-60(2)83)78(68)90-53-63-34-20-12-21-35-63)42-28-8-6-4-5-7-9-29-47-86-50-67-43-45-69(85-3)46-44-67/h10-27,30-41,43-46,59,68,70-81,84H,4-9,28-29,42,47-58H2,1-3H3,(H,82,83)/t59-,68+,70-,71-,72-,73-,74+,75-,76+,77+,78-,79-,80+,81+/m0/s1. The van der Waals surface area contributed by atoms with Gasteiger partial charge >= 0.3 is 0 Å². The summed E-state index contributed by atoms with van der Waals surface area (Å²) in [7, 11) is 1.68. The molecule has 14 nitrogen and oxygen atoms in total. The summed E-state index contributed by atoms with van der Waals surface area (Å²) in [5.41, 5.74) is 7.20. The van der Waals surface area contributed by atoms with Crippen LogP contribution < -0.4 is 10.1 Å². The number of amides is 1. The summed E-state index contributed by atoms with van der Waals surface area (Å²) in [4.78, 5) is 13.5. The Morgan fingerprint density at radius 3 is 1.38 bits per heavy atom. The Hall–Kier alpha value is -6.63. The Morgan fingerprint density at radius 1 is 0.442 bits per heavy atom. The zero-order valence-electron chi connectivity index (χ0n) is 55.9. The molecule has 0 aromatic heterocycles. The van der Waals surface area contributed by atoms with Crippen LogP contribution in [0, 0.1) is 11.8 Å². The van der Waals surface area contributed by atoms with Gasteiger partial charge < -0.3 is 62.5 Å². The highest BCUT2D eigenvalue weighted by molar-refractivity contribution is 5.73. The van der Waals surface area contributed by atoms with Gasteiger partial charge in [0.15, 0.2) is 0 Å². The van der Waals surface area contributed by atoms with E-state index in [9.17, 15) is 9.90 Å². The lowest BCUT2D eigenvalue weighted by molar-refractivity contribution is -0.278. The first-order valence-corrected chi connectivity index (χ1v) is 34.7. The highest BCUT2D eigenvalue weighted by atomic mass is 16.6. The first-order valence-electron chi connectivity index (χ1n) is 34.7. The molecule has 14 heteroatoms. The van der Waals surface area contributed by atoms with E-state index in [1.165, 1.54) is 12.8 Å². The van der Waals surface area contributed by atoms with Crippen molar-refractivity contribution in [2.45, 2.75) is 204 Å². The summed E-state index contributed by atoms with van der Waals surface area (Å²) >= 11 is 0. The number of unbranched alkanes of at least 4 members (excludes halogenated alkanes) is 7. The molecule has 508 valence electrons. The second kappa shape index (κ2) is 38.9. The molecule has 3 saturated heterocycles. The third-order valence-corrected chi connectivity index (χ3v) is 18.8. The lowest BCUT2D eigenvalue weighted by Crippen LogP contribution is -2.63. The number of benzene rings is 7. The summed E-state index contributed by atoms with van der Waals surface area (Å²) < 4.78 is 75.0. The highest BCUT2D eigenvalue weighted by Gasteiger charge is 2.53. The van der Waals surface area contributed by atoms with E-state index in [0.29, 0.717) is 52.5 Å². The summed E-state index contributed by atoms with van der Waals surface area (Å²) in [5, 5.41) is 16.9. The number of carbonyl (C=O) groups excluding carboxylic acids is 1. The highest BCUT2D eigenvalue weighted by Crippen LogP contribution is 2.42. The number of methoxy groups -OCH3 is 1. The van der Waals surface area contributed by atoms with E-state index in [1.807, 2.05) is 153 Å². The maximum absolute atomic E-state index is 13.5. The molecule has 0 radical (unpaired) electrons. The molecule has 7 aromatic carbocycles. The van der Waals surface area contributed by atoms with Crippen LogP contribution in [-0.4, -0.2) is 111 Å². The van der Waals surface area contributed by atoms with E-state index >= 15 is 0 Å². The van der Waals surface area contributed by atoms with Crippen LogP contribution in [0.1, 0.15) is 123 Å². The molecule has 3 fully saturated rings. The predicted octanol–water partition coefficient (Wildman–Crippen LogP) is 14.7. The van der Waals surface area contributed by atoms with E-state index in [-0.39, 0.29) is 37.7 Å². The first kappa shape index (κ1) is 71.2. The van der Waals surface area contributed by atoms with E-state index < -0.39 is 73.0 Å². The van der Waals surface area contributed by atoms with Gasteiger partial charge in [-0.15, -0.1) is 0 Å². The molecule has 0 bridgehead atoms. The third kappa shape index (κ3) is 22.5. The fraction of sp³-hybridized carbons (Fsp3) is 0.469. The SMILES string of the molecule is COc1ccc(COCCCCCCCCCC[C@@H]2OC[C@@H](C[C@@H]3O[C@H](COCc4ccccc4)[C@H](OCc4ccccc4)[C@H](O)[C@H]3C[C@@H]3O[C@@H](C)[C@@H](OCc4ccccc4)[C@@H](OCc4ccccc4)[C@@H]3OCc3ccccc3)[C@H](OCc3ccccc3)[C@H]2NC(C)=O)cc1. The summed E-state index contributed by atoms with van der Waals surface area (Å²) in [6.45, 7) is 7.33. The van der Waals surface area contributed by atoms with Gasteiger partial charge in [-0.25, -0.2) is 0 Å². The minimum atomic E-state index is -1.08. The number of hydrogen-bond acceptors (Lipinski definition) is 13. The number of hydrogen-bond donors (Lipinski definition) is 2. The van der Waals surface area contributed by atoms with E-state index in [2.05, 4.69) is 66.0 Å². The van der Waals surface area contributed by atoms with Crippen LogP contribution in [0.3, 0.4) is 0 Å². The topological polar surface area (TPSA) is 151 Å². The lowest BCUT2D eigenvalue weighted by atomic mass is 9.75. The van der Waals surface area contributed by atoms with Crippen LogP contribution in [0.4, 0.5) is 0 Å². The van der Waals surface area contributed by atoms with Gasteiger partial charge in [0, 0.05) is 25.4 Å². The molecule has 3 aliphatic rings. The van der Waals surface area contributed by atoms with Crippen molar-refractivity contribution in [3.05, 3.63) is 245 Å². The quantitative estimate of drug-likeness (QED) is 0.0354. The Bertz CT molecular complexity index is 3190. The van der Waals surface area contributed by atoms with Gasteiger partial charge in [0.2, 0.25) is 5.91 Å². The monoisotopic (exact) mass is 1300 g/mol. The van der Waals surface area contributed by atoms with Crippen molar-refractivity contribution in [1.29, 1.82) is 0 Å². The number of ether oxygens (including phenoxy) is 11. The number of aliphatic hydroxyl groups is 1. The molecule has 7 aromatic rings. The Labute approximate surface area is 564 Å². The molecule has 14 atom stereocenters. The van der Waals surface area contributed by atoms with Gasteiger partial charge in [0.25, 0.3) is 0 Å². The largest absolute Gasteiger partial charge is 0.497 e. The van der Waals surface area contributed by atoms with Gasteiger partial charge in [0.05, 0.1) is 109 Å². The molecule has 95 heavy (non-hydrogen) atoms. The van der Waals surface area contributed by atoms with Gasteiger partial charge in [-0.1, -0.05) is 239 Å². The van der Waals surface area contributed by atoms with Gasteiger partial charge in [-0.05, 0) is 83.7 Å². The van der Waals surface area contributed by atoms with E-state index in [0.717, 1.165) is 96.2 Å². The normalized spacial score (nSPS) is 25.2. The molecule has 1 amide bonds. The molecular weight excluding hydrogens is 1190 g/mol. The van der Waals surface area contributed by atoms with Crippen LogP contribution in [0.25, 0.3) is 0 Å². The van der Waals surface area contributed by atoms with Gasteiger partial charge in [-0.2, -0.15) is 0 Å². The lowest BCUT2D eigenvalue weighted by Gasteiger charge is -2.51. The second-order valence-corrected chi connectivity index (χ2v) is 25.9. The fourth-order valence-electron chi connectivity index (χ4n) is 13.7. The average molecular weight is 1300 g/mol.